The highest BCUT2D eigenvalue weighted by molar-refractivity contribution is 7.10. The van der Waals surface area contributed by atoms with Crippen LogP contribution >= 0.6 is 11.3 Å². The number of piperazine rings is 1. The van der Waals surface area contributed by atoms with Gasteiger partial charge in [0.25, 0.3) is 0 Å². The summed E-state index contributed by atoms with van der Waals surface area (Å²) in [7, 11) is 0. The summed E-state index contributed by atoms with van der Waals surface area (Å²) in [5.41, 5.74) is 1.31. The Morgan fingerprint density at radius 3 is 3.21 bits per heavy atom. The largest absolute Gasteiger partial charge is 0.314 e. The normalized spacial score (nSPS) is 21.8. The molecule has 0 saturated carbocycles. The van der Waals surface area contributed by atoms with E-state index in [0.29, 0.717) is 12.5 Å². The number of hydrogen-bond acceptors (Lipinski definition) is 4. The van der Waals surface area contributed by atoms with Gasteiger partial charge >= 0.3 is 0 Å². The van der Waals surface area contributed by atoms with Crippen molar-refractivity contribution >= 4 is 11.3 Å². The Bertz CT molecular complexity index is 333. The van der Waals surface area contributed by atoms with Gasteiger partial charge in [-0.05, 0) is 17.0 Å². The minimum absolute atomic E-state index is 0.424. The van der Waals surface area contributed by atoms with Gasteiger partial charge in [0.15, 0.2) is 0 Å². The molecule has 0 spiro atoms. The minimum Gasteiger partial charge on any atom is -0.314 e. The fraction of sp³-hybridized carbons (Fsp3) is 0.500. The second-order valence-corrected chi connectivity index (χ2v) is 4.39. The first-order valence-electron chi connectivity index (χ1n) is 4.78. The van der Waals surface area contributed by atoms with Crippen LogP contribution in [0.4, 0.5) is 0 Å². The van der Waals surface area contributed by atoms with Gasteiger partial charge in [-0.25, -0.2) is 0 Å². The standard InChI is InChI=1S/C10H13N3S/c11-2-1-9-5-8(7-14-9)10-6-12-3-4-13-10/h5,7,10,12-13H,1,3-4,6H2/t10-/m1/s1. The number of rotatable bonds is 2. The maximum atomic E-state index is 8.57. The molecule has 74 valence electrons. The van der Waals surface area contributed by atoms with Crippen LogP contribution in [0.15, 0.2) is 11.4 Å². The van der Waals surface area contributed by atoms with Crippen molar-refractivity contribution in [1.29, 1.82) is 5.26 Å². The summed E-state index contributed by atoms with van der Waals surface area (Å²) in [6.07, 6.45) is 0.533. The first kappa shape index (κ1) is 9.66. The molecule has 1 aromatic heterocycles. The number of thiophene rings is 1. The van der Waals surface area contributed by atoms with Crippen molar-refractivity contribution in [2.45, 2.75) is 12.5 Å². The van der Waals surface area contributed by atoms with E-state index in [9.17, 15) is 0 Å². The molecule has 1 atom stereocenters. The highest BCUT2D eigenvalue weighted by atomic mass is 32.1. The van der Waals surface area contributed by atoms with Gasteiger partial charge in [0.05, 0.1) is 12.5 Å². The van der Waals surface area contributed by atoms with E-state index in [2.05, 4.69) is 28.1 Å². The molecule has 1 aromatic rings. The van der Waals surface area contributed by atoms with E-state index in [1.807, 2.05) is 0 Å². The quantitative estimate of drug-likeness (QED) is 0.762. The van der Waals surface area contributed by atoms with Crippen LogP contribution in [0.5, 0.6) is 0 Å². The highest BCUT2D eigenvalue weighted by Gasteiger charge is 2.15. The van der Waals surface area contributed by atoms with Gasteiger partial charge < -0.3 is 10.6 Å². The van der Waals surface area contributed by atoms with Gasteiger partial charge in [0.2, 0.25) is 0 Å². The molecule has 3 nitrogen and oxygen atoms in total. The third-order valence-electron chi connectivity index (χ3n) is 2.37. The monoisotopic (exact) mass is 207 g/mol. The van der Waals surface area contributed by atoms with Crippen LogP contribution in [0.1, 0.15) is 16.5 Å². The highest BCUT2D eigenvalue weighted by Crippen LogP contribution is 2.21. The molecule has 0 bridgehead atoms. The zero-order valence-electron chi connectivity index (χ0n) is 7.92. The van der Waals surface area contributed by atoms with E-state index in [1.165, 1.54) is 5.56 Å². The molecular formula is C10H13N3S. The SMILES string of the molecule is N#CCc1cc([C@H]2CNCCN2)cs1. The van der Waals surface area contributed by atoms with Crippen LogP contribution in [-0.2, 0) is 6.42 Å². The van der Waals surface area contributed by atoms with Crippen molar-refractivity contribution in [2.24, 2.45) is 0 Å². The lowest BCUT2D eigenvalue weighted by atomic mass is 10.1. The predicted octanol–water partition coefficient (Wildman–Crippen LogP) is 1.05. The molecule has 0 radical (unpaired) electrons. The molecule has 2 heterocycles. The van der Waals surface area contributed by atoms with Gasteiger partial charge in [-0.1, -0.05) is 0 Å². The van der Waals surface area contributed by atoms with E-state index in [0.717, 1.165) is 24.5 Å². The minimum atomic E-state index is 0.424. The van der Waals surface area contributed by atoms with Gasteiger partial charge in [-0.2, -0.15) is 5.26 Å². The summed E-state index contributed by atoms with van der Waals surface area (Å²) in [5.74, 6) is 0. The summed E-state index contributed by atoms with van der Waals surface area (Å²) in [6.45, 7) is 3.06. The molecule has 0 aromatic carbocycles. The Hall–Kier alpha value is -0.890. The Balaban J connectivity index is 2.04. The van der Waals surface area contributed by atoms with Crippen LogP contribution in [-0.4, -0.2) is 19.6 Å². The summed E-state index contributed by atoms with van der Waals surface area (Å²) in [4.78, 5) is 1.16. The molecule has 2 rings (SSSR count). The molecular weight excluding hydrogens is 194 g/mol. The molecule has 4 heteroatoms. The van der Waals surface area contributed by atoms with Crippen molar-refractivity contribution in [3.05, 3.63) is 21.9 Å². The average molecular weight is 207 g/mol. The van der Waals surface area contributed by atoms with Crippen molar-refractivity contribution in [3.8, 4) is 6.07 Å². The third-order valence-corrected chi connectivity index (χ3v) is 3.33. The number of nitrogens with one attached hydrogen (secondary N) is 2. The van der Waals surface area contributed by atoms with E-state index >= 15 is 0 Å². The smallest absolute Gasteiger partial charge is 0.0695 e. The summed E-state index contributed by atoms with van der Waals surface area (Å²) in [6, 6.07) is 4.74. The molecule has 0 aliphatic carbocycles. The van der Waals surface area contributed by atoms with E-state index in [-0.39, 0.29) is 0 Å². The Labute approximate surface area is 87.7 Å². The average Bonchev–Trinajstić information content (AvgIpc) is 2.68. The Morgan fingerprint density at radius 1 is 1.57 bits per heavy atom. The molecule has 14 heavy (non-hydrogen) atoms. The zero-order chi connectivity index (χ0) is 9.80. The van der Waals surface area contributed by atoms with E-state index < -0.39 is 0 Å². The van der Waals surface area contributed by atoms with Crippen molar-refractivity contribution in [1.82, 2.24) is 10.6 Å². The Kier molecular flexibility index (Phi) is 3.14. The number of nitriles is 1. The Morgan fingerprint density at radius 2 is 2.50 bits per heavy atom. The summed E-state index contributed by atoms with van der Waals surface area (Å²) in [5, 5.41) is 17.5. The van der Waals surface area contributed by atoms with E-state index in [1.54, 1.807) is 11.3 Å². The lowest BCUT2D eigenvalue weighted by Gasteiger charge is -2.23. The van der Waals surface area contributed by atoms with Crippen LogP contribution < -0.4 is 10.6 Å². The second kappa shape index (κ2) is 4.56. The van der Waals surface area contributed by atoms with Crippen LogP contribution in [0.3, 0.4) is 0 Å². The van der Waals surface area contributed by atoms with Crippen molar-refractivity contribution in [2.75, 3.05) is 19.6 Å². The molecule has 0 unspecified atom stereocenters. The van der Waals surface area contributed by atoms with Crippen LogP contribution in [0.25, 0.3) is 0 Å². The van der Waals surface area contributed by atoms with Crippen molar-refractivity contribution in [3.63, 3.8) is 0 Å². The maximum absolute atomic E-state index is 8.57. The predicted molar refractivity (Wildman–Crippen MR) is 57.2 cm³/mol. The third kappa shape index (κ3) is 2.13. The molecule has 1 aliphatic rings. The molecule has 1 saturated heterocycles. The number of nitrogens with zero attached hydrogens (tertiary/aromatic N) is 1. The van der Waals surface area contributed by atoms with Gasteiger partial charge in [-0.15, -0.1) is 11.3 Å². The molecule has 1 fully saturated rings. The van der Waals surface area contributed by atoms with Crippen LogP contribution in [0, 0.1) is 11.3 Å². The van der Waals surface area contributed by atoms with Gasteiger partial charge in [0, 0.05) is 30.6 Å². The zero-order valence-corrected chi connectivity index (χ0v) is 8.73. The van der Waals surface area contributed by atoms with Gasteiger partial charge in [-0.3, -0.25) is 0 Å². The topological polar surface area (TPSA) is 47.9 Å². The summed E-state index contributed by atoms with van der Waals surface area (Å²) < 4.78 is 0. The molecule has 1 aliphatic heterocycles. The maximum Gasteiger partial charge on any atom is 0.0695 e. The van der Waals surface area contributed by atoms with Crippen molar-refractivity contribution < 1.29 is 0 Å². The lowest BCUT2D eigenvalue weighted by Crippen LogP contribution is -2.42. The summed E-state index contributed by atoms with van der Waals surface area (Å²) >= 11 is 1.68. The van der Waals surface area contributed by atoms with Gasteiger partial charge in [0.1, 0.15) is 0 Å². The number of hydrogen-bond donors (Lipinski definition) is 2. The fourth-order valence-electron chi connectivity index (χ4n) is 1.64. The van der Waals surface area contributed by atoms with E-state index in [4.69, 9.17) is 5.26 Å². The molecule has 0 amide bonds. The first-order valence-corrected chi connectivity index (χ1v) is 5.66. The van der Waals surface area contributed by atoms with Crippen LogP contribution in [0.2, 0.25) is 0 Å². The lowest BCUT2D eigenvalue weighted by molar-refractivity contribution is 0.431. The second-order valence-electron chi connectivity index (χ2n) is 3.39. The molecule has 2 N–H and O–H groups in total. The first-order chi connectivity index (χ1) is 6.90. The fourth-order valence-corrected chi connectivity index (χ4v) is 2.51.